The van der Waals surface area contributed by atoms with E-state index >= 15 is 0 Å². The molecule has 4 heteroatoms. The summed E-state index contributed by atoms with van der Waals surface area (Å²) in [6.45, 7) is 14.3. The molecule has 0 unspecified atom stereocenters. The maximum Gasteiger partial charge on any atom is 0.222 e. The molecule has 0 aromatic rings. The van der Waals surface area contributed by atoms with Gasteiger partial charge < -0.3 is 15.5 Å². The van der Waals surface area contributed by atoms with Crippen LogP contribution in [0.5, 0.6) is 0 Å². The molecule has 0 aromatic heterocycles. The normalized spacial score (nSPS) is 8.16. The third-order valence-electron chi connectivity index (χ3n) is 1.90. The molecule has 0 rings (SSSR count). The monoisotopic (exact) mass is 277 g/mol. The van der Waals surface area contributed by atoms with Crippen molar-refractivity contribution in [3.63, 3.8) is 0 Å². The molecule has 0 aromatic carbocycles. The van der Waals surface area contributed by atoms with Gasteiger partial charge in [0, 0.05) is 26.6 Å². The van der Waals surface area contributed by atoms with Gasteiger partial charge in [0.2, 0.25) is 5.91 Å². The Bertz CT molecular complexity index is 150. The molecule has 19 heavy (non-hydrogen) atoms. The van der Waals surface area contributed by atoms with Crippen molar-refractivity contribution in [3.8, 4) is 0 Å². The van der Waals surface area contributed by atoms with E-state index in [1.54, 1.807) is 4.90 Å². The molecule has 0 aliphatic carbocycles. The number of carbonyl (C=O) groups excluding carboxylic acids is 1. The van der Waals surface area contributed by atoms with Gasteiger partial charge in [-0.2, -0.15) is 0 Å². The third kappa shape index (κ3) is 26.8. The summed E-state index contributed by atoms with van der Waals surface area (Å²) in [5, 5.41) is 0. The predicted octanol–water partition coefficient (Wildman–Crippen LogP) is 2.82. The summed E-state index contributed by atoms with van der Waals surface area (Å²) in [6, 6.07) is 0. The van der Waals surface area contributed by atoms with Crippen LogP contribution in [0.4, 0.5) is 0 Å². The molecule has 0 saturated carbocycles. The minimum Gasteiger partial charge on any atom is -0.344 e. The van der Waals surface area contributed by atoms with Gasteiger partial charge >= 0.3 is 0 Å². The quantitative estimate of drug-likeness (QED) is 0.812. The van der Waals surface area contributed by atoms with Gasteiger partial charge in [-0.15, -0.1) is 0 Å². The molecule has 0 spiro atoms. The van der Waals surface area contributed by atoms with Crippen LogP contribution < -0.4 is 5.73 Å². The molecule has 0 heterocycles. The summed E-state index contributed by atoms with van der Waals surface area (Å²) < 4.78 is 0. The Balaban J connectivity index is -0.000000163. The number of rotatable bonds is 6. The number of hydrogen-bond donors (Lipinski definition) is 1. The van der Waals surface area contributed by atoms with Gasteiger partial charge in [-0.1, -0.05) is 41.5 Å². The lowest BCUT2D eigenvalue weighted by atomic mass is 10.3. The number of nitrogens with two attached hydrogens (primary N) is 1. The van der Waals surface area contributed by atoms with Crippen LogP contribution >= 0.6 is 0 Å². The van der Waals surface area contributed by atoms with Crippen molar-refractivity contribution >= 4 is 5.91 Å². The molecule has 0 fully saturated rings. The van der Waals surface area contributed by atoms with E-state index in [2.05, 4.69) is 4.90 Å². The Morgan fingerprint density at radius 2 is 1.32 bits per heavy atom. The average molecular weight is 277 g/mol. The highest BCUT2D eigenvalue weighted by Crippen LogP contribution is 1.94. The smallest absolute Gasteiger partial charge is 0.222 e. The van der Waals surface area contributed by atoms with Gasteiger partial charge in [0.1, 0.15) is 0 Å². The highest BCUT2D eigenvalue weighted by Gasteiger charge is 2.07. The molecule has 0 atom stereocenters. The lowest BCUT2D eigenvalue weighted by Crippen LogP contribution is -2.33. The summed E-state index contributed by atoms with van der Waals surface area (Å²) in [5.41, 5.74) is 5.32. The second kappa shape index (κ2) is 26.1. The molecule has 0 saturated heterocycles. The summed E-state index contributed by atoms with van der Waals surface area (Å²) in [6.07, 6.45) is 1.35. The number of likely N-dealkylation sites (N-methyl/N-ethyl adjacent to an activating group) is 2. The molecule has 120 valence electrons. The number of hydrogen-bond acceptors (Lipinski definition) is 3. The summed E-state index contributed by atoms with van der Waals surface area (Å²) in [7, 11) is 5.83. The SMILES string of the molecule is CC.CC.CC.CN(C)CCN(C)C(=O)CCCN. The third-order valence-corrected chi connectivity index (χ3v) is 1.90. The van der Waals surface area contributed by atoms with Gasteiger partial charge in [-0.3, -0.25) is 4.79 Å². The van der Waals surface area contributed by atoms with Crippen molar-refractivity contribution in [1.29, 1.82) is 0 Å². The standard InChI is InChI=1S/C9H21N3O.3C2H6/c1-11(2)7-8-12(3)9(13)5-4-6-10;3*1-2/h4-8,10H2,1-3H3;3*1-2H3. The zero-order valence-electron chi connectivity index (χ0n) is 14.9. The van der Waals surface area contributed by atoms with Gasteiger partial charge in [-0.05, 0) is 27.1 Å². The first-order valence-electron chi connectivity index (χ1n) is 7.66. The van der Waals surface area contributed by atoms with Crippen molar-refractivity contribution in [1.82, 2.24) is 9.80 Å². The Labute approximate surface area is 122 Å². The van der Waals surface area contributed by atoms with E-state index in [0.29, 0.717) is 13.0 Å². The maximum atomic E-state index is 11.4. The zero-order chi connectivity index (χ0) is 16.3. The molecule has 2 N–H and O–H groups in total. The minimum atomic E-state index is 0.187. The molecule has 0 aliphatic rings. The molecule has 1 amide bonds. The minimum absolute atomic E-state index is 0.187. The highest BCUT2D eigenvalue weighted by molar-refractivity contribution is 5.75. The van der Waals surface area contributed by atoms with Gasteiger partial charge in [0.05, 0.1) is 0 Å². The Morgan fingerprint density at radius 1 is 0.895 bits per heavy atom. The number of nitrogens with zero attached hydrogens (tertiary/aromatic N) is 2. The van der Waals surface area contributed by atoms with Crippen LogP contribution in [0.15, 0.2) is 0 Å². The maximum absolute atomic E-state index is 11.4. The van der Waals surface area contributed by atoms with Gasteiger partial charge in [-0.25, -0.2) is 0 Å². The van der Waals surface area contributed by atoms with Crippen LogP contribution in [0.1, 0.15) is 54.4 Å². The number of amides is 1. The van der Waals surface area contributed by atoms with Gasteiger partial charge in [0.15, 0.2) is 0 Å². The lowest BCUT2D eigenvalue weighted by molar-refractivity contribution is -0.130. The van der Waals surface area contributed by atoms with E-state index in [9.17, 15) is 4.79 Å². The first-order valence-corrected chi connectivity index (χ1v) is 7.66. The first kappa shape index (κ1) is 26.9. The Hall–Kier alpha value is -0.610. The highest BCUT2D eigenvalue weighted by atomic mass is 16.2. The van der Waals surface area contributed by atoms with Crippen molar-refractivity contribution < 1.29 is 4.79 Å². The zero-order valence-corrected chi connectivity index (χ0v) is 14.9. The van der Waals surface area contributed by atoms with E-state index in [4.69, 9.17) is 5.73 Å². The van der Waals surface area contributed by atoms with Crippen molar-refractivity contribution in [2.24, 2.45) is 5.73 Å². The molecule has 0 radical (unpaired) electrons. The molecule has 0 bridgehead atoms. The Morgan fingerprint density at radius 3 is 1.63 bits per heavy atom. The fraction of sp³-hybridized carbons (Fsp3) is 0.933. The fourth-order valence-corrected chi connectivity index (χ4v) is 0.919. The largest absolute Gasteiger partial charge is 0.344 e. The van der Waals surface area contributed by atoms with Crippen LogP contribution in [-0.2, 0) is 4.79 Å². The predicted molar refractivity (Wildman–Crippen MR) is 88.5 cm³/mol. The second-order valence-electron chi connectivity index (χ2n) is 3.51. The van der Waals surface area contributed by atoms with Crippen LogP contribution in [-0.4, -0.2) is 56.5 Å². The van der Waals surface area contributed by atoms with E-state index in [0.717, 1.165) is 19.5 Å². The summed E-state index contributed by atoms with van der Waals surface area (Å²) >= 11 is 0. The first-order chi connectivity index (χ1) is 9.07. The van der Waals surface area contributed by atoms with Crippen LogP contribution in [0.2, 0.25) is 0 Å². The molecule has 0 aliphatic heterocycles. The van der Waals surface area contributed by atoms with E-state index in [1.165, 1.54) is 0 Å². The van der Waals surface area contributed by atoms with E-state index in [1.807, 2.05) is 62.7 Å². The topological polar surface area (TPSA) is 49.6 Å². The summed E-state index contributed by atoms with van der Waals surface area (Å²) in [5.74, 6) is 0.187. The second-order valence-corrected chi connectivity index (χ2v) is 3.51. The van der Waals surface area contributed by atoms with Crippen molar-refractivity contribution in [2.75, 3.05) is 40.8 Å². The number of carbonyl (C=O) groups is 1. The molecular weight excluding hydrogens is 238 g/mol. The van der Waals surface area contributed by atoms with E-state index in [-0.39, 0.29) is 5.91 Å². The van der Waals surface area contributed by atoms with Crippen molar-refractivity contribution in [2.45, 2.75) is 54.4 Å². The van der Waals surface area contributed by atoms with Gasteiger partial charge in [0.25, 0.3) is 0 Å². The lowest BCUT2D eigenvalue weighted by Gasteiger charge is -2.19. The molecular formula is C15H39N3O. The Kier molecular flexibility index (Phi) is 36.8. The van der Waals surface area contributed by atoms with Crippen LogP contribution in [0, 0.1) is 0 Å². The fourth-order valence-electron chi connectivity index (χ4n) is 0.919. The van der Waals surface area contributed by atoms with Crippen LogP contribution in [0.3, 0.4) is 0 Å². The van der Waals surface area contributed by atoms with E-state index < -0.39 is 0 Å². The van der Waals surface area contributed by atoms with Crippen molar-refractivity contribution in [3.05, 3.63) is 0 Å². The average Bonchev–Trinajstić information content (AvgIpc) is 2.48. The van der Waals surface area contributed by atoms with Crippen LogP contribution in [0.25, 0.3) is 0 Å². The molecule has 4 nitrogen and oxygen atoms in total. The summed E-state index contributed by atoms with van der Waals surface area (Å²) in [4.78, 5) is 15.2.